The highest BCUT2D eigenvalue weighted by atomic mass is 19.1. The van der Waals surface area contributed by atoms with Crippen molar-refractivity contribution in [3.63, 3.8) is 0 Å². The van der Waals surface area contributed by atoms with E-state index in [4.69, 9.17) is 15.9 Å². The van der Waals surface area contributed by atoms with Gasteiger partial charge in [0.25, 0.3) is 0 Å². The number of nitrogens with zero attached hydrogens (tertiary/aromatic N) is 2. The third-order valence-electron chi connectivity index (χ3n) is 2.26. The molecule has 0 saturated carbocycles. The number of nitrogens with two attached hydrogens (primary N) is 1. The minimum atomic E-state index is -0.321. The zero-order valence-corrected chi connectivity index (χ0v) is 9.64. The van der Waals surface area contributed by atoms with E-state index in [2.05, 4.69) is 9.97 Å². The lowest BCUT2D eigenvalue weighted by Gasteiger charge is -2.07. The van der Waals surface area contributed by atoms with E-state index in [1.165, 1.54) is 30.6 Å². The number of ether oxygens (including phenoxy) is 1. The molecular weight excluding hydrogens is 235 g/mol. The Balaban J connectivity index is 2.21. The quantitative estimate of drug-likeness (QED) is 0.640. The maximum Gasteiger partial charge on any atom is 0.237 e. The Kier molecular flexibility index (Phi) is 3.18. The van der Waals surface area contributed by atoms with Crippen LogP contribution >= 0.6 is 0 Å². The van der Waals surface area contributed by atoms with Crippen LogP contribution in [0.5, 0.6) is 11.6 Å². The molecule has 0 atom stereocenters. The Hall–Kier alpha value is -2.50. The predicted molar refractivity (Wildman–Crippen MR) is 64.3 cm³/mol. The molecule has 0 saturated heterocycles. The first-order valence-corrected chi connectivity index (χ1v) is 5.16. The lowest BCUT2D eigenvalue weighted by atomic mass is 10.2. The van der Waals surface area contributed by atoms with Gasteiger partial charge in [-0.25, -0.2) is 14.4 Å². The maximum atomic E-state index is 12.9. The summed E-state index contributed by atoms with van der Waals surface area (Å²) in [6.07, 6.45) is 2.70. The summed E-state index contributed by atoms with van der Waals surface area (Å²) in [6, 6.07) is 4.19. The van der Waals surface area contributed by atoms with E-state index >= 15 is 0 Å². The van der Waals surface area contributed by atoms with E-state index in [0.717, 1.165) is 0 Å². The molecule has 1 aromatic heterocycles. The first kappa shape index (κ1) is 12.0. The minimum Gasteiger partial charge on any atom is -0.437 e. The average Bonchev–Trinajstić information content (AvgIpc) is 2.33. The SMILES string of the molecule is Cc1cc(F)ccc1Oc1cnc(C(=N)N)cn1. The van der Waals surface area contributed by atoms with Gasteiger partial charge in [0, 0.05) is 0 Å². The van der Waals surface area contributed by atoms with Gasteiger partial charge in [0.15, 0.2) is 0 Å². The first-order chi connectivity index (χ1) is 8.56. The van der Waals surface area contributed by atoms with Crippen LogP contribution in [0.2, 0.25) is 0 Å². The summed E-state index contributed by atoms with van der Waals surface area (Å²) in [6.45, 7) is 1.73. The fourth-order valence-corrected chi connectivity index (χ4v) is 1.35. The van der Waals surface area contributed by atoms with Crippen molar-refractivity contribution in [3.05, 3.63) is 47.7 Å². The molecular formula is C12H11FN4O. The Morgan fingerprint density at radius 3 is 2.67 bits per heavy atom. The van der Waals surface area contributed by atoms with Gasteiger partial charge in [0.2, 0.25) is 5.88 Å². The van der Waals surface area contributed by atoms with Gasteiger partial charge < -0.3 is 10.5 Å². The molecule has 1 aromatic carbocycles. The number of aryl methyl sites for hydroxylation is 1. The molecule has 6 heteroatoms. The van der Waals surface area contributed by atoms with Gasteiger partial charge in [-0.1, -0.05) is 0 Å². The van der Waals surface area contributed by atoms with E-state index < -0.39 is 0 Å². The summed E-state index contributed by atoms with van der Waals surface area (Å²) in [5, 5.41) is 7.18. The second kappa shape index (κ2) is 4.79. The van der Waals surface area contributed by atoms with Crippen molar-refractivity contribution in [2.24, 2.45) is 5.73 Å². The third-order valence-corrected chi connectivity index (χ3v) is 2.26. The van der Waals surface area contributed by atoms with Crippen LogP contribution in [-0.2, 0) is 0 Å². The summed E-state index contributed by atoms with van der Waals surface area (Å²) in [5.74, 6) is 0.279. The number of amidine groups is 1. The van der Waals surface area contributed by atoms with Crippen LogP contribution in [0, 0.1) is 18.2 Å². The molecule has 0 spiro atoms. The van der Waals surface area contributed by atoms with Crippen molar-refractivity contribution in [3.8, 4) is 11.6 Å². The molecule has 0 unspecified atom stereocenters. The molecule has 0 aliphatic carbocycles. The van der Waals surface area contributed by atoms with Gasteiger partial charge in [-0.15, -0.1) is 0 Å². The van der Waals surface area contributed by atoms with Crippen molar-refractivity contribution in [2.75, 3.05) is 0 Å². The van der Waals surface area contributed by atoms with Crippen molar-refractivity contribution in [1.82, 2.24) is 9.97 Å². The molecule has 1 heterocycles. The lowest BCUT2D eigenvalue weighted by molar-refractivity contribution is 0.454. The van der Waals surface area contributed by atoms with Gasteiger partial charge in [-0.05, 0) is 30.7 Å². The third kappa shape index (κ3) is 2.60. The van der Waals surface area contributed by atoms with Crippen molar-refractivity contribution < 1.29 is 9.13 Å². The van der Waals surface area contributed by atoms with Crippen LogP contribution < -0.4 is 10.5 Å². The molecule has 0 fully saturated rings. The summed E-state index contributed by atoms with van der Waals surface area (Å²) in [7, 11) is 0. The molecule has 5 nitrogen and oxygen atoms in total. The molecule has 0 aliphatic heterocycles. The number of hydrogen-bond donors (Lipinski definition) is 2. The Labute approximate surface area is 103 Å². The Morgan fingerprint density at radius 1 is 1.33 bits per heavy atom. The summed E-state index contributed by atoms with van der Waals surface area (Å²) in [5.41, 5.74) is 6.19. The number of benzene rings is 1. The van der Waals surface area contributed by atoms with E-state index in [0.29, 0.717) is 11.3 Å². The van der Waals surface area contributed by atoms with Crippen LogP contribution in [0.4, 0.5) is 4.39 Å². The standard InChI is InChI=1S/C12H11FN4O/c1-7-4-8(13)2-3-10(7)18-11-6-16-9(5-17-11)12(14)15/h2-6H,1H3,(H3,14,15). The number of nitrogen functional groups attached to an aromatic ring is 1. The summed E-state index contributed by atoms with van der Waals surface area (Å²) >= 11 is 0. The average molecular weight is 246 g/mol. The number of rotatable bonds is 3. The molecule has 92 valence electrons. The van der Waals surface area contributed by atoms with Gasteiger partial charge >= 0.3 is 0 Å². The number of hydrogen-bond acceptors (Lipinski definition) is 4. The zero-order chi connectivity index (χ0) is 13.1. The molecule has 2 rings (SSSR count). The van der Waals surface area contributed by atoms with Crippen LogP contribution in [0.25, 0.3) is 0 Å². The normalized spacial score (nSPS) is 10.1. The largest absolute Gasteiger partial charge is 0.437 e. The van der Waals surface area contributed by atoms with E-state index in [1.807, 2.05) is 0 Å². The van der Waals surface area contributed by atoms with Crippen LogP contribution in [0.3, 0.4) is 0 Å². The second-order valence-electron chi connectivity index (χ2n) is 3.67. The first-order valence-electron chi connectivity index (χ1n) is 5.16. The van der Waals surface area contributed by atoms with Gasteiger partial charge in [0.05, 0.1) is 12.4 Å². The zero-order valence-electron chi connectivity index (χ0n) is 9.64. The van der Waals surface area contributed by atoms with E-state index in [-0.39, 0.29) is 23.2 Å². The topological polar surface area (TPSA) is 84.9 Å². The summed E-state index contributed by atoms with van der Waals surface area (Å²) < 4.78 is 18.4. The molecule has 0 amide bonds. The summed E-state index contributed by atoms with van der Waals surface area (Å²) in [4.78, 5) is 7.87. The fraction of sp³-hybridized carbons (Fsp3) is 0.0833. The van der Waals surface area contributed by atoms with Crippen LogP contribution in [-0.4, -0.2) is 15.8 Å². The van der Waals surface area contributed by atoms with Crippen LogP contribution in [0.15, 0.2) is 30.6 Å². The molecule has 2 aromatic rings. The van der Waals surface area contributed by atoms with Gasteiger partial charge in [0.1, 0.15) is 23.1 Å². The molecule has 0 radical (unpaired) electrons. The highest BCUT2D eigenvalue weighted by Crippen LogP contribution is 2.23. The number of halogens is 1. The Bertz CT molecular complexity index is 583. The molecule has 0 bridgehead atoms. The molecule has 0 aliphatic rings. The van der Waals surface area contributed by atoms with E-state index in [9.17, 15) is 4.39 Å². The number of aromatic nitrogens is 2. The van der Waals surface area contributed by atoms with E-state index in [1.54, 1.807) is 6.92 Å². The molecule has 3 N–H and O–H groups in total. The second-order valence-corrected chi connectivity index (χ2v) is 3.67. The number of nitrogens with one attached hydrogen (secondary N) is 1. The van der Waals surface area contributed by atoms with Crippen molar-refractivity contribution in [2.45, 2.75) is 6.92 Å². The van der Waals surface area contributed by atoms with Gasteiger partial charge in [-0.2, -0.15) is 0 Å². The predicted octanol–water partition coefficient (Wildman–Crippen LogP) is 2.00. The monoisotopic (exact) mass is 246 g/mol. The molecule has 18 heavy (non-hydrogen) atoms. The van der Waals surface area contributed by atoms with Crippen molar-refractivity contribution >= 4 is 5.84 Å². The highest BCUT2D eigenvalue weighted by molar-refractivity contribution is 5.92. The van der Waals surface area contributed by atoms with Crippen molar-refractivity contribution in [1.29, 1.82) is 5.41 Å². The lowest BCUT2D eigenvalue weighted by Crippen LogP contribution is -2.13. The highest BCUT2D eigenvalue weighted by Gasteiger charge is 2.05. The maximum absolute atomic E-state index is 12.9. The smallest absolute Gasteiger partial charge is 0.237 e. The Morgan fingerprint density at radius 2 is 2.11 bits per heavy atom. The fourth-order valence-electron chi connectivity index (χ4n) is 1.35. The van der Waals surface area contributed by atoms with Gasteiger partial charge in [-0.3, -0.25) is 5.41 Å². The minimum absolute atomic E-state index is 0.160. The van der Waals surface area contributed by atoms with Crippen LogP contribution in [0.1, 0.15) is 11.3 Å².